The van der Waals surface area contributed by atoms with E-state index in [1.54, 1.807) is 16.8 Å². The van der Waals surface area contributed by atoms with Crippen LogP contribution in [-0.2, 0) is 6.54 Å². The highest BCUT2D eigenvalue weighted by molar-refractivity contribution is 5.94. The highest BCUT2D eigenvalue weighted by atomic mass is 16.5. The van der Waals surface area contributed by atoms with E-state index in [0.717, 1.165) is 29.6 Å². The lowest BCUT2D eigenvalue weighted by molar-refractivity contribution is 0.195. The molecule has 3 aromatic heterocycles. The summed E-state index contributed by atoms with van der Waals surface area (Å²) >= 11 is 0. The molecule has 0 saturated carbocycles. The van der Waals surface area contributed by atoms with Crippen LogP contribution in [0.25, 0.3) is 49.8 Å². The second kappa shape index (κ2) is 8.15. The van der Waals surface area contributed by atoms with Crippen LogP contribution in [0, 0.1) is 0 Å². The van der Waals surface area contributed by atoms with Gasteiger partial charge in [-0.1, -0.05) is 30.3 Å². The van der Waals surface area contributed by atoms with Crippen LogP contribution in [0.15, 0.2) is 70.4 Å². The predicted octanol–water partition coefficient (Wildman–Crippen LogP) is 3.43. The summed E-state index contributed by atoms with van der Waals surface area (Å²) in [7, 11) is 0. The second-order valence-corrected chi connectivity index (χ2v) is 10.5. The molecule has 2 aliphatic rings. The minimum Gasteiger partial charge on any atom is -0.487 e. The highest BCUT2D eigenvalue weighted by Gasteiger charge is 2.31. The van der Waals surface area contributed by atoms with Crippen molar-refractivity contribution in [3.05, 3.63) is 81.5 Å². The van der Waals surface area contributed by atoms with E-state index < -0.39 is 0 Å². The summed E-state index contributed by atoms with van der Waals surface area (Å²) in [6.45, 7) is 4.14. The van der Waals surface area contributed by atoms with Crippen molar-refractivity contribution in [2.75, 3.05) is 13.1 Å². The Bertz CT molecular complexity index is 2050. The molecule has 6 bridgehead atoms. The van der Waals surface area contributed by atoms with Crippen LogP contribution in [0.1, 0.15) is 13.3 Å². The largest absolute Gasteiger partial charge is 0.487 e. The van der Waals surface area contributed by atoms with Crippen LogP contribution in [0.2, 0.25) is 0 Å². The molecular weight excluding hydrogens is 494 g/mol. The van der Waals surface area contributed by atoms with Crippen LogP contribution in [0.4, 0.5) is 0 Å². The van der Waals surface area contributed by atoms with Gasteiger partial charge in [0.1, 0.15) is 23.1 Å². The van der Waals surface area contributed by atoms with Crippen molar-refractivity contribution in [3.8, 4) is 22.7 Å². The molecule has 2 unspecified atom stereocenters. The molecule has 0 aliphatic carbocycles. The standard InChI is InChI=1S/C29H25N7O3/c1-16-11-19-15-34(16)9-10-35-29(38)21-7-4-6-20(25(21)33-35)26-28(37)31-22-12-18(13-24(39-19)27(22)32-26)36-23-8-3-2-5-17(23)14-30-36/h2-8,12-14,16,19,33H,9-11,15H2,1H3,(H,31,37)/t16-,19?/m1/s1. The molecule has 39 heavy (non-hydrogen) atoms. The fourth-order valence-corrected chi connectivity index (χ4v) is 6.11. The van der Waals surface area contributed by atoms with E-state index in [0.29, 0.717) is 52.4 Å². The zero-order valence-corrected chi connectivity index (χ0v) is 21.2. The fraction of sp³-hybridized carbons (Fsp3) is 0.241. The van der Waals surface area contributed by atoms with Gasteiger partial charge >= 0.3 is 0 Å². The van der Waals surface area contributed by atoms with E-state index in [2.05, 4.69) is 27.0 Å². The molecule has 6 aromatic rings. The minimum absolute atomic E-state index is 0.0632. The number of H-pyrrole nitrogens is 2. The maximum atomic E-state index is 13.5. The van der Waals surface area contributed by atoms with Gasteiger partial charge in [-0.15, -0.1) is 0 Å². The Hall–Kier alpha value is -4.70. The molecule has 2 N–H and O–H groups in total. The molecule has 3 atom stereocenters. The first kappa shape index (κ1) is 22.3. The van der Waals surface area contributed by atoms with Crippen LogP contribution < -0.4 is 15.9 Å². The molecule has 1 fully saturated rings. The van der Waals surface area contributed by atoms with Crippen molar-refractivity contribution < 1.29 is 4.74 Å². The number of aromatic nitrogens is 6. The van der Waals surface area contributed by atoms with Gasteiger partial charge in [0.05, 0.1) is 40.4 Å². The van der Waals surface area contributed by atoms with E-state index in [9.17, 15) is 9.59 Å². The Labute approximate surface area is 221 Å². The SMILES string of the molecule is C[C@@H]1CC2CN1CCn1[nH]c3c(cccc3c1=O)-c1nc3c(cc(-n4ncc5ccccc54)cc3[nH]c1=O)O2. The summed E-state index contributed by atoms with van der Waals surface area (Å²) in [6.07, 6.45) is 2.61. The molecule has 3 aromatic carbocycles. The van der Waals surface area contributed by atoms with Crippen molar-refractivity contribution in [2.45, 2.75) is 32.0 Å². The molecule has 2 aliphatic heterocycles. The van der Waals surface area contributed by atoms with Gasteiger partial charge in [-0.25, -0.2) is 9.67 Å². The van der Waals surface area contributed by atoms with Crippen molar-refractivity contribution in [1.29, 1.82) is 0 Å². The summed E-state index contributed by atoms with van der Waals surface area (Å²) in [5, 5.41) is 9.43. The fourth-order valence-electron chi connectivity index (χ4n) is 6.11. The van der Waals surface area contributed by atoms with Crippen molar-refractivity contribution >= 4 is 32.8 Å². The number of ether oxygens (including phenoxy) is 1. The zero-order valence-electron chi connectivity index (χ0n) is 21.2. The molecule has 0 radical (unpaired) electrons. The molecule has 10 nitrogen and oxygen atoms in total. The summed E-state index contributed by atoms with van der Waals surface area (Å²) in [5.74, 6) is 0.592. The topological polar surface area (TPSA) is 114 Å². The Morgan fingerprint density at radius 3 is 2.87 bits per heavy atom. The molecule has 0 amide bonds. The maximum absolute atomic E-state index is 13.5. The van der Waals surface area contributed by atoms with E-state index in [1.807, 2.05) is 53.3 Å². The lowest BCUT2D eigenvalue weighted by Crippen LogP contribution is -2.33. The normalized spacial score (nSPS) is 20.7. The minimum atomic E-state index is -0.343. The highest BCUT2D eigenvalue weighted by Crippen LogP contribution is 2.33. The van der Waals surface area contributed by atoms with Crippen LogP contribution in [0.5, 0.6) is 5.75 Å². The van der Waals surface area contributed by atoms with Gasteiger partial charge in [0, 0.05) is 42.6 Å². The molecule has 1 saturated heterocycles. The first-order valence-corrected chi connectivity index (χ1v) is 13.2. The Morgan fingerprint density at radius 1 is 1.05 bits per heavy atom. The third kappa shape index (κ3) is 3.38. The lowest BCUT2D eigenvalue weighted by Gasteiger charge is -2.21. The summed E-state index contributed by atoms with van der Waals surface area (Å²) in [5.41, 5.74) is 3.83. The number of nitrogens with one attached hydrogen (secondary N) is 2. The molecule has 8 rings (SSSR count). The smallest absolute Gasteiger partial charge is 0.275 e. The monoisotopic (exact) mass is 519 g/mol. The van der Waals surface area contributed by atoms with E-state index in [-0.39, 0.29) is 22.9 Å². The van der Waals surface area contributed by atoms with Gasteiger partial charge in [-0.05, 0) is 25.1 Å². The maximum Gasteiger partial charge on any atom is 0.275 e. The Balaban J connectivity index is 1.41. The van der Waals surface area contributed by atoms with Gasteiger partial charge in [0.15, 0.2) is 0 Å². The van der Waals surface area contributed by atoms with Gasteiger partial charge < -0.3 is 9.72 Å². The van der Waals surface area contributed by atoms with Crippen LogP contribution in [-0.4, -0.2) is 59.7 Å². The van der Waals surface area contributed by atoms with E-state index >= 15 is 0 Å². The third-order valence-electron chi connectivity index (χ3n) is 8.08. The van der Waals surface area contributed by atoms with Crippen molar-refractivity contribution in [1.82, 2.24) is 34.4 Å². The van der Waals surface area contributed by atoms with Crippen molar-refractivity contribution in [3.63, 3.8) is 0 Å². The Morgan fingerprint density at radius 2 is 1.95 bits per heavy atom. The first-order valence-electron chi connectivity index (χ1n) is 13.2. The number of para-hydroxylation sites is 2. The third-order valence-corrected chi connectivity index (χ3v) is 8.08. The number of fused-ring (bicyclic) bond motifs is 6. The average Bonchev–Trinajstić information content (AvgIpc) is 3.61. The molecule has 10 heteroatoms. The number of aromatic amines is 2. The number of rotatable bonds is 1. The van der Waals surface area contributed by atoms with Gasteiger partial charge in [0.25, 0.3) is 11.1 Å². The summed E-state index contributed by atoms with van der Waals surface area (Å²) < 4.78 is 10.1. The van der Waals surface area contributed by atoms with Gasteiger partial charge in [-0.2, -0.15) is 5.10 Å². The molecule has 0 spiro atoms. The van der Waals surface area contributed by atoms with Crippen LogP contribution in [0.3, 0.4) is 0 Å². The molecule has 194 valence electrons. The lowest BCUT2D eigenvalue weighted by atomic mass is 10.1. The quantitative estimate of drug-likeness (QED) is 0.344. The first-order chi connectivity index (χ1) is 19.0. The van der Waals surface area contributed by atoms with Gasteiger partial charge in [-0.3, -0.25) is 24.3 Å². The van der Waals surface area contributed by atoms with Crippen LogP contribution >= 0.6 is 0 Å². The Kier molecular flexibility index (Phi) is 4.66. The van der Waals surface area contributed by atoms with E-state index in [1.165, 1.54) is 0 Å². The summed E-state index contributed by atoms with van der Waals surface area (Å²) in [6, 6.07) is 17.5. The predicted molar refractivity (Wildman–Crippen MR) is 149 cm³/mol. The average molecular weight is 520 g/mol. The zero-order chi connectivity index (χ0) is 26.2. The number of hydrogen-bond acceptors (Lipinski definition) is 6. The van der Waals surface area contributed by atoms with Gasteiger partial charge in [0.2, 0.25) is 0 Å². The number of benzene rings is 3. The number of hydrogen-bond donors (Lipinski definition) is 2. The van der Waals surface area contributed by atoms with Crippen molar-refractivity contribution in [2.24, 2.45) is 0 Å². The molecule has 5 heterocycles. The van der Waals surface area contributed by atoms with E-state index in [4.69, 9.17) is 9.72 Å². The summed E-state index contributed by atoms with van der Waals surface area (Å²) in [4.78, 5) is 36.9. The number of nitrogens with zero attached hydrogens (tertiary/aromatic N) is 5. The second-order valence-electron chi connectivity index (χ2n) is 10.5. The molecular formula is C29H25N7O3.